The molecule has 0 aliphatic rings. The first-order chi connectivity index (χ1) is 8.53. The topological polar surface area (TPSA) is 73.9 Å². The smallest absolute Gasteiger partial charge is 0.339 e. The first kappa shape index (κ1) is 14.7. The number of benzene rings is 1. The zero-order valence-electron chi connectivity index (χ0n) is 10.5. The van der Waals surface area contributed by atoms with Crippen LogP contribution in [0.1, 0.15) is 0 Å². The Morgan fingerprint density at radius 2 is 1.72 bits per heavy atom. The molecule has 1 aromatic carbocycles. The van der Waals surface area contributed by atoms with Gasteiger partial charge in [-0.2, -0.15) is 0 Å². The maximum atomic E-state index is 11.7. The zero-order valence-corrected chi connectivity index (χ0v) is 11.4. The number of carbonyl (C=O) groups excluding carboxylic acids is 1. The van der Waals surface area contributed by atoms with E-state index in [2.05, 4.69) is 14.4 Å². The van der Waals surface area contributed by atoms with E-state index in [1.807, 2.05) is 0 Å². The van der Waals surface area contributed by atoms with Crippen LogP contribution >= 0.6 is 7.60 Å². The van der Waals surface area contributed by atoms with E-state index < -0.39 is 13.5 Å². The molecular formula is C11H16NO5P. The Labute approximate surface area is 106 Å². The molecule has 0 bridgehead atoms. The summed E-state index contributed by atoms with van der Waals surface area (Å²) in [6.45, 7) is 0. The van der Waals surface area contributed by atoms with Gasteiger partial charge in [0.25, 0.3) is 0 Å². The van der Waals surface area contributed by atoms with Crippen molar-refractivity contribution in [3.63, 3.8) is 0 Å². The quantitative estimate of drug-likeness (QED) is 0.803. The van der Waals surface area contributed by atoms with Gasteiger partial charge in [-0.05, 0) is 24.3 Å². The Bertz CT molecular complexity index is 437. The van der Waals surface area contributed by atoms with Gasteiger partial charge in [0.2, 0.25) is 5.91 Å². The van der Waals surface area contributed by atoms with Gasteiger partial charge in [0.05, 0.1) is 7.11 Å². The minimum Gasteiger partial charge on any atom is -0.497 e. The van der Waals surface area contributed by atoms with E-state index in [0.29, 0.717) is 11.4 Å². The highest BCUT2D eigenvalue weighted by molar-refractivity contribution is 7.54. The summed E-state index contributed by atoms with van der Waals surface area (Å²) in [5.74, 6) is 0.250. The third-order valence-corrected chi connectivity index (χ3v) is 4.05. The summed E-state index contributed by atoms with van der Waals surface area (Å²) >= 11 is 0. The summed E-state index contributed by atoms with van der Waals surface area (Å²) in [6.07, 6.45) is -0.327. The molecule has 0 atom stereocenters. The van der Waals surface area contributed by atoms with Crippen LogP contribution in [0.4, 0.5) is 5.69 Å². The highest BCUT2D eigenvalue weighted by atomic mass is 31.2. The molecule has 0 heterocycles. The summed E-state index contributed by atoms with van der Waals surface area (Å²) in [4.78, 5) is 11.6. The lowest BCUT2D eigenvalue weighted by Gasteiger charge is -2.13. The average molecular weight is 273 g/mol. The Hall–Kier alpha value is -1.36. The van der Waals surface area contributed by atoms with Gasteiger partial charge in [-0.25, -0.2) is 0 Å². The van der Waals surface area contributed by atoms with E-state index in [0.717, 1.165) is 0 Å². The third kappa shape index (κ3) is 4.14. The molecule has 0 spiro atoms. The molecule has 1 aromatic rings. The first-order valence-corrected chi connectivity index (χ1v) is 6.90. The molecular weight excluding hydrogens is 257 g/mol. The lowest BCUT2D eigenvalue weighted by molar-refractivity contribution is -0.114. The first-order valence-electron chi connectivity index (χ1n) is 5.17. The molecule has 7 heteroatoms. The van der Waals surface area contributed by atoms with Crippen LogP contribution in [0, 0.1) is 0 Å². The number of carbonyl (C=O) groups is 1. The van der Waals surface area contributed by atoms with Gasteiger partial charge in [-0.1, -0.05) is 0 Å². The normalized spacial score (nSPS) is 11.1. The molecule has 0 aromatic heterocycles. The summed E-state index contributed by atoms with van der Waals surface area (Å²) in [6, 6.07) is 6.78. The van der Waals surface area contributed by atoms with Crippen molar-refractivity contribution in [3.05, 3.63) is 24.3 Å². The summed E-state index contributed by atoms with van der Waals surface area (Å²) < 4.78 is 26.1. The predicted octanol–water partition coefficient (Wildman–Crippen LogP) is 2.12. The van der Waals surface area contributed by atoms with Gasteiger partial charge in [0, 0.05) is 19.9 Å². The fraction of sp³-hybridized carbons (Fsp3) is 0.364. The van der Waals surface area contributed by atoms with Gasteiger partial charge in [-0.15, -0.1) is 0 Å². The Morgan fingerprint density at radius 1 is 1.17 bits per heavy atom. The van der Waals surface area contributed by atoms with Crippen molar-refractivity contribution in [2.45, 2.75) is 0 Å². The third-order valence-electron chi connectivity index (χ3n) is 2.27. The summed E-state index contributed by atoms with van der Waals surface area (Å²) in [7, 11) is 0.712. The van der Waals surface area contributed by atoms with Crippen LogP contribution in [0.25, 0.3) is 0 Å². The number of amides is 1. The van der Waals surface area contributed by atoms with Crippen LogP contribution in [-0.4, -0.2) is 33.4 Å². The molecule has 0 fully saturated rings. The molecule has 0 aliphatic carbocycles. The lowest BCUT2D eigenvalue weighted by atomic mass is 10.3. The van der Waals surface area contributed by atoms with E-state index in [4.69, 9.17) is 4.74 Å². The molecule has 100 valence electrons. The van der Waals surface area contributed by atoms with Crippen molar-refractivity contribution < 1.29 is 23.1 Å². The minimum absolute atomic E-state index is 0.327. The van der Waals surface area contributed by atoms with Crippen molar-refractivity contribution in [1.82, 2.24) is 0 Å². The largest absolute Gasteiger partial charge is 0.497 e. The number of nitrogens with one attached hydrogen (secondary N) is 1. The second-order valence-electron chi connectivity index (χ2n) is 3.41. The molecule has 0 saturated carbocycles. The van der Waals surface area contributed by atoms with Crippen LogP contribution in [-0.2, 0) is 18.4 Å². The minimum atomic E-state index is -3.33. The molecule has 18 heavy (non-hydrogen) atoms. The van der Waals surface area contributed by atoms with Crippen molar-refractivity contribution in [2.75, 3.05) is 32.8 Å². The van der Waals surface area contributed by atoms with E-state index in [9.17, 15) is 9.36 Å². The van der Waals surface area contributed by atoms with E-state index in [-0.39, 0.29) is 6.16 Å². The van der Waals surface area contributed by atoms with Crippen LogP contribution < -0.4 is 10.1 Å². The standard InChI is InChI=1S/C11H16NO5P/c1-15-10-6-4-9(5-7-10)12-11(13)8-18(14,16-2)17-3/h4-7H,8H2,1-3H3,(H,12,13). The maximum absolute atomic E-state index is 11.7. The summed E-state index contributed by atoms with van der Waals surface area (Å²) in [5.41, 5.74) is 0.583. The number of rotatable bonds is 6. The monoisotopic (exact) mass is 273 g/mol. The molecule has 1 amide bonds. The molecule has 6 nitrogen and oxygen atoms in total. The molecule has 1 rings (SSSR count). The summed E-state index contributed by atoms with van der Waals surface area (Å²) in [5, 5.41) is 2.59. The van der Waals surface area contributed by atoms with Gasteiger partial charge in [0.15, 0.2) is 0 Å². The van der Waals surface area contributed by atoms with Crippen molar-refractivity contribution in [1.29, 1.82) is 0 Å². The second kappa shape index (κ2) is 6.54. The number of methoxy groups -OCH3 is 1. The predicted molar refractivity (Wildman–Crippen MR) is 68.1 cm³/mol. The molecule has 0 aliphatic heterocycles. The number of ether oxygens (including phenoxy) is 1. The fourth-order valence-corrected chi connectivity index (χ4v) is 2.09. The van der Waals surface area contributed by atoms with E-state index in [1.54, 1.807) is 31.4 Å². The zero-order chi connectivity index (χ0) is 13.6. The number of hydrogen-bond acceptors (Lipinski definition) is 5. The van der Waals surface area contributed by atoms with E-state index in [1.165, 1.54) is 14.2 Å². The van der Waals surface area contributed by atoms with Gasteiger partial charge in [0.1, 0.15) is 11.9 Å². The SMILES string of the molecule is COc1ccc(NC(=O)CP(=O)(OC)OC)cc1. The Morgan fingerprint density at radius 3 is 2.17 bits per heavy atom. The van der Waals surface area contributed by atoms with Crippen molar-refractivity contribution >= 4 is 19.2 Å². The molecule has 0 saturated heterocycles. The van der Waals surface area contributed by atoms with Gasteiger partial charge >= 0.3 is 7.60 Å². The van der Waals surface area contributed by atoms with Gasteiger partial charge in [-0.3, -0.25) is 9.36 Å². The molecule has 1 N–H and O–H groups in total. The van der Waals surface area contributed by atoms with Crippen LogP contribution in [0.3, 0.4) is 0 Å². The lowest BCUT2D eigenvalue weighted by Crippen LogP contribution is -2.17. The molecule has 0 unspecified atom stereocenters. The van der Waals surface area contributed by atoms with Gasteiger partial charge < -0.3 is 19.1 Å². The second-order valence-corrected chi connectivity index (χ2v) is 5.68. The maximum Gasteiger partial charge on any atom is 0.339 e. The highest BCUT2D eigenvalue weighted by Gasteiger charge is 2.25. The van der Waals surface area contributed by atoms with Crippen molar-refractivity contribution in [2.24, 2.45) is 0 Å². The fourth-order valence-electron chi connectivity index (χ4n) is 1.25. The van der Waals surface area contributed by atoms with Crippen molar-refractivity contribution in [3.8, 4) is 5.75 Å². The van der Waals surface area contributed by atoms with Crippen LogP contribution in [0.15, 0.2) is 24.3 Å². The Kier molecular flexibility index (Phi) is 5.34. The number of hydrogen-bond donors (Lipinski definition) is 1. The molecule has 0 radical (unpaired) electrons. The highest BCUT2D eigenvalue weighted by Crippen LogP contribution is 2.45. The number of anilines is 1. The average Bonchev–Trinajstić information content (AvgIpc) is 2.39. The van der Waals surface area contributed by atoms with E-state index >= 15 is 0 Å². The Balaban J connectivity index is 2.61. The van der Waals surface area contributed by atoms with Crippen LogP contribution in [0.5, 0.6) is 5.75 Å². The van der Waals surface area contributed by atoms with Crippen LogP contribution in [0.2, 0.25) is 0 Å².